The van der Waals surface area contributed by atoms with Crippen LogP contribution in [-0.4, -0.2) is 49.5 Å². The molecule has 9 nitrogen and oxygen atoms in total. The Morgan fingerprint density at radius 3 is 2.71 bits per heavy atom. The van der Waals surface area contributed by atoms with E-state index in [-0.39, 0.29) is 30.5 Å². The number of aryl methyl sites for hydroxylation is 2. The van der Waals surface area contributed by atoms with Crippen molar-refractivity contribution in [2.45, 2.75) is 50.5 Å². The first-order valence-corrected chi connectivity index (χ1v) is 10.9. The molecule has 0 saturated carbocycles. The van der Waals surface area contributed by atoms with E-state index in [1.54, 1.807) is 18.5 Å². The van der Waals surface area contributed by atoms with Crippen molar-refractivity contribution < 1.29 is 22.7 Å². The van der Waals surface area contributed by atoms with Crippen LogP contribution in [0.4, 0.5) is 0 Å². The maximum absolute atomic E-state index is 12.1. The van der Waals surface area contributed by atoms with E-state index in [1.165, 1.54) is 24.6 Å². The van der Waals surface area contributed by atoms with Crippen molar-refractivity contribution in [1.82, 2.24) is 19.6 Å². The van der Waals surface area contributed by atoms with Crippen LogP contribution in [0.25, 0.3) is 0 Å². The Bertz CT molecular complexity index is 810. The number of amides is 1. The Balaban J connectivity index is 1.61. The quantitative estimate of drug-likeness (QED) is 0.436. The monoisotopic (exact) mass is 412 g/mol. The molecule has 0 aromatic carbocycles. The van der Waals surface area contributed by atoms with Crippen LogP contribution in [0.15, 0.2) is 22.9 Å². The van der Waals surface area contributed by atoms with Crippen LogP contribution in [0.5, 0.6) is 0 Å². The van der Waals surface area contributed by atoms with E-state index in [1.807, 2.05) is 0 Å². The summed E-state index contributed by atoms with van der Waals surface area (Å²) in [6, 6.07) is 0. The first-order valence-electron chi connectivity index (χ1n) is 9.38. The number of allylic oxidation sites excluding steroid dienone is 1. The highest BCUT2D eigenvalue weighted by molar-refractivity contribution is 7.89. The summed E-state index contributed by atoms with van der Waals surface area (Å²) in [5.41, 5.74) is 1.36. The van der Waals surface area contributed by atoms with E-state index in [2.05, 4.69) is 21.1 Å². The number of aromatic nitrogens is 2. The number of esters is 1. The summed E-state index contributed by atoms with van der Waals surface area (Å²) in [6.45, 7) is 1.70. The number of hydrogen-bond acceptors (Lipinski definition) is 6. The van der Waals surface area contributed by atoms with E-state index in [4.69, 9.17) is 4.74 Å². The van der Waals surface area contributed by atoms with Gasteiger partial charge in [0.15, 0.2) is 11.6 Å². The van der Waals surface area contributed by atoms with Crippen LogP contribution in [0, 0.1) is 6.92 Å². The average Bonchev–Trinajstić information content (AvgIpc) is 3.00. The molecule has 1 aromatic rings. The first kappa shape index (κ1) is 22.1. The standard InChI is InChI=1S/C18H28N4O5S/c1-14-21-17(12-22(14)2)28(25,26)20-11-9-18(24)27-13-16(23)19-10-8-15-6-4-3-5-7-15/h6,12,20H,3-5,7-11,13H2,1-2H3,(H,19,23). The molecule has 0 atom stereocenters. The molecule has 0 bridgehead atoms. The predicted octanol–water partition coefficient (Wildman–Crippen LogP) is 0.947. The molecule has 2 N–H and O–H groups in total. The number of ether oxygens (including phenoxy) is 1. The zero-order chi connectivity index (χ0) is 20.6. The van der Waals surface area contributed by atoms with E-state index in [0.29, 0.717) is 12.4 Å². The molecule has 0 spiro atoms. The van der Waals surface area contributed by atoms with Crippen LogP contribution in [0.2, 0.25) is 0 Å². The summed E-state index contributed by atoms with van der Waals surface area (Å²) in [6.07, 6.45) is 8.86. The average molecular weight is 413 g/mol. The molecule has 0 saturated heterocycles. The SMILES string of the molecule is Cc1nc(S(=O)(=O)NCCC(=O)OCC(=O)NCCC2=CCCCC2)cn1C. The zero-order valence-electron chi connectivity index (χ0n) is 16.4. The van der Waals surface area contributed by atoms with Gasteiger partial charge in [-0.1, -0.05) is 11.6 Å². The molecule has 1 amide bonds. The molecule has 1 aromatic heterocycles. The highest BCUT2D eigenvalue weighted by Crippen LogP contribution is 2.19. The third-order valence-corrected chi connectivity index (χ3v) is 5.83. The summed E-state index contributed by atoms with van der Waals surface area (Å²) in [5.74, 6) is -0.454. The lowest BCUT2D eigenvalue weighted by molar-refractivity contribution is -0.148. The van der Waals surface area contributed by atoms with Gasteiger partial charge < -0.3 is 14.6 Å². The Hall–Kier alpha value is -2.20. The number of imidazole rings is 1. The van der Waals surface area contributed by atoms with Crippen molar-refractivity contribution in [1.29, 1.82) is 0 Å². The summed E-state index contributed by atoms with van der Waals surface area (Å²) in [5, 5.41) is 2.61. The topological polar surface area (TPSA) is 119 Å². The van der Waals surface area contributed by atoms with Gasteiger partial charge >= 0.3 is 5.97 Å². The van der Waals surface area contributed by atoms with Gasteiger partial charge in [0.05, 0.1) is 6.42 Å². The summed E-state index contributed by atoms with van der Waals surface area (Å²) in [4.78, 5) is 27.3. The maximum atomic E-state index is 12.1. The molecule has 1 aliphatic rings. The molecule has 0 fully saturated rings. The molecule has 1 heterocycles. The van der Waals surface area contributed by atoms with Crippen LogP contribution in [0.3, 0.4) is 0 Å². The number of nitrogens with one attached hydrogen (secondary N) is 2. The predicted molar refractivity (Wildman–Crippen MR) is 103 cm³/mol. The smallest absolute Gasteiger partial charge is 0.307 e. The minimum atomic E-state index is -3.79. The second-order valence-electron chi connectivity index (χ2n) is 6.75. The molecule has 0 unspecified atom stereocenters. The zero-order valence-corrected chi connectivity index (χ0v) is 17.2. The van der Waals surface area contributed by atoms with Crippen molar-refractivity contribution in [3.05, 3.63) is 23.7 Å². The number of carbonyl (C=O) groups excluding carboxylic acids is 2. The van der Waals surface area contributed by atoms with Crippen molar-refractivity contribution in [3.63, 3.8) is 0 Å². The van der Waals surface area contributed by atoms with Gasteiger partial charge in [-0.3, -0.25) is 9.59 Å². The molecule has 156 valence electrons. The fraction of sp³-hybridized carbons (Fsp3) is 0.611. The van der Waals surface area contributed by atoms with Crippen LogP contribution in [0.1, 0.15) is 44.3 Å². The van der Waals surface area contributed by atoms with Gasteiger partial charge in [-0.05, 0) is 39.0 Å². The van der Waals surface area contributed by atoms with Crippen molar-refractivity contribution in [3.8, 4) is 0 Å². The highest BCUT2D eigenvalue weighted by Gasteiger charge is 2.18. The van der Waals surface area contributed by atoms with Crippen molar-refractivity contribution in [2.24, 2.45) is 7.05 Å². The third kappa shape index (κ3) is 7.08. The van der Waals surface area contributed by atoms with Crippen LogP contribution >= 0.6 is 0 Å². The second kappa shape index (κ2) is 10.4. The maximum Gasteiger partial charge on any atom is 0.307 e. The second-order valence-corrected chi connectivity index (χ2v) is 8.47. The minimum Gasteiger partial charge on any atom is -0.456 e. The number of sulfonamides is 1. The Morgan fingerprint density at radius 1 is 1.29 bits per heavy atom. The fourth-order valence-electron chi connectivity index (χ4n) is 2.78. The van der Waals surface area contributed by atoms with Gasteiger partial charge in [-0.2, -0.15) is 0 Å². The van der Waals surface area contributed by atoms with Gasteiger partial charge in [0.1, 0.15) is 5.82 Å². The van der Waals surface area contributed by atoms with Crippen LogP contribution < -0.4 is 10.0 Å². The third-order valence-electron chi connectivity index (χ3n) is 4.50. The van der Waals surface area contributed by atoms with Gasteiger partial charge in [0.2, 0.25) is 0 Å². The Morgan fingerprint density at radius 2 is 2.07 bits per heavy atom. The van der Waals surface area contributed by atoms with E-state index >= 15 is 0 Å². The summed E-state index contributed by atoms with van der Waals surface area (Å²) < 4.78 is 32.9. The molecule has 1 aliphatic carbocycles. The van der Waals surface area contributed by atoms with E-state index < -0.39 is 16.0 Å². The molecule has 0 radical (unpaired) electrons. The van der Waals surface area contributed by atoms with Gasteiger partial charge in [0, 0.05) is 26.3 Å². The fourth-order valence-corrected chi connectivity index (χ4v) is 3.85. The Labute approximate surface area is 165 Å². The lowest BCUT2D eigenvalue weighted by Crippen LogP contribution is -2.31. The molecule has 2 rings (SSSR count). The highest BCUT2D eigenvalue weighted by atomic mass is 32.2. The van der Waals surface area contributed by atoms with Gasteiger partial charge in [0.25, 0.3) is 15.9 Å². The number of hydrogen-bond donors (Lipinski definition) is 2. The lowest BCUT2D eigenvalue weighted by Gasteiger charge is -2.13. The molecule has 10 heteroatoms. The normalized spacial score (nSPS) is 14.4. The van der Waals surface area contributed by atoms with Gasteiger partial charge in [-0.15, -0.1) is 0 Å². The summed E-state index contributed by atoms with van der Waals surface area (Å²) >= 11 is 0. The minimum absolute atomic E-state index is 0.103. The number of nitrogens with zero attached hydrogens (tertiary/aromatic N) is 2. The van der Waals surface area contributed by atoms with Crippen LogP contribution in [-0.2, 0) is 31.4 Å². The number of carbonyl (C=O) groups is 2. The molecular formula is C18H28N4O5S. The first-order chi connectivity index (χ1) is 13.3. The largest absolute Gasteiger partial charge is 0.456 e. The van der Waals surface area contributed by atoms with Crippen molar-refractivity contribution in [2.75, 3.05) is 19.7 Å². The van der Waals surface area contributed by atoms with E-state index in [0.717, 1.165) is 19.3 Å². The Kier molecular flexibility index (Phi) is 8.18. The number of rotatable bonds is 10. The molecule has 0 aliphatic heterocycles. The lowest BCUT2D eigenvalue weighted by atomic mass is 9.97. The molecule has 28 heavy (non-hydrogen) atoms. The van der Waals surface area contributed by atoms with E-state index in [9.17, 15) is 18.0 Å². The summed E-state index contributed by atoms with van der Waals surface area (Å²) in [7, 11) is -2.10. The molecular weight excluding hydrogens is 384 g/mol. The van der Waals surface area contributed by atoms with Crippen molar-refractivity contribution >= 4 is 21.9 Å². The van der Waals surface area contributed by atoms with Gasteiger partial charge in [-0.25, -0.2) is 18.1 Å².